The van der Waals surface area contributed by atoms with Crippen LogP contribution in [0.5, 0.6) is 5.75 Å². The molecule has 0 unspecified atom stereocenters. The van der Waals surface area contributed by atoms with Crippen LogP contribution in [-0.2, 0) is 0 Å². The molecule has 4 heteroatoms. The van der Waals surface area contributed by atoms with E-state index >= 15 is 0 Å². The van der Waals surface area contributed by atoms with Crippen LogP contribution in [0, 0.1) is 0 Å². The van der Waals surface area contributed by atoms with Crippen molar-refractivity contribution in [2.45, 2.75) is 19.1 Å². The van der Waals surface area contributed by atoms with Gasteiger partial charge in [-0.3, -0.25) is 0 Å². The maximum Gasteiger partial charge on any atom is 0.119 e. The van der Waals surface area contributed by atoms with E-state index in [4.69, 9.17) is 16.3 Å². The fourth-order valence-corrected chi connectivity index (χ4v) is 1.36. The summed E-state index contributed by atoms with van der Waals surface area (Å²) in [5, 5.41) is 19.2. The van der Waals surface area contributed by atoms with Crippen LogP contribution < -0.4 is 4.74 Å². The average molecular weight is 217 g/mol. The maximum absolute atomic E-state index is 9.61. The van der Waals surface area contributed by atoms with Crippen molar-refractivity contribution >= 4 is 11.6 Å². The smallest absolute Gasteiger partial charge is 0.119 e. The highest BCUT2D eigenvalue weighted by Gasteiger charge is 2.17. The molecule has 2 atom stereocenters. The van der Waals surface area contributed by atoms with Crippen molar-refractivity contribution in [1.29, 1.82) is 0 Å². The normalized spacial score (nSPS) is 14.9. The Balaban J connectivity index is 3.05. The van der Waals surface area contributed by atoms with Crippen molar-refractivity contribution in [3.8, 4) is 5.75 Å². The Morgan fingerprint density at radius 3 is 2.50 bits per heavy atom. The van der Waals surface area contributed by atoms with E-state index in [1.807, 2.05) is 0 Å². The van der Waals surface area contributed by atoms with Gasteiger partial charge >= 0.3 is 0 Å². The van der Waals surface area contributed by atoms with Gasteiger partial charge < -0.3 is 14.9 Å². The van der Waals surface area contributed by atoms with Gasteiger partial charge in [-0.25, -0.2) is 0 Å². The van der Waals surface area contributed by atoms with Gasteiger partial charge in [-0.15, -0.1) is 0 Å². The molecule has 1 rings (SSSR count). The van der Waals surface area contributed by atoms with E-state index in [2.05, 4.69) is 0 Å². The van der Waals surface area contributed by atoms with Crippen LogP contribution in [0.4, 0.5) is 0 Å². The van der Waals surface area contributed by atoms with Gasteiger partial charge in [-0.05, 0) is 25.1 Å². The van der Waals surface area contributed by atoms with Crippen molar-refractivity contribution in [3.63, 3.8) is 0 Å². The molecular formula is C10H13ClO3. The van der Waals surface area contributed by atoms with Crippen molar-refractivity contribution in [3.05, 3.63) is 28.8 Å². The lowest BCUT2D eigenvalue weighted by molar-refractivity contribution is 0.0305. The third-order valence-electron chi connectivity index (χ3n) is 1.98. The van der Waals surface area contributed by atoms with Gasteiger partial charge in [-0.1, -0.05) is 11.6 Å². The van der Waals surface area contributed by atoms with Crippen LogP contribution in [0.25, 0.3) is 0 Å². The predicted molar refractivity (Wildman–Crippen MR) is 54.6 cm³/mol. The number of benzene rings is 1. The SMILES string of the molecule is COc1ccc(Cl)c([C@@H](O)[C@@H](C)O)c1. The largest absolute Gasteiger partial charge is 0.497 e. The molecule has 14 heavy (non-hydrogen) atoms. The first kappa shape index (κ1) is 11.3. The number of methoxy groups -OCH3 is 1. The summed E-state index contributed by atoms with van der Waals surface area (Å²) in [5.74, 6) is 0.601. The number of halogens is 1. The fourth-order valence-electron chi connectivity index (χ4n) is 1.14. The molecule has 2 N–H and O–H groups in total. The summed E-state index contributed by atoms with van der Waals surface area (Å²) < 4.78 is 4.99. The van der Waals surface area contributed by atoms with Crippen LogP contribution in [-0.4, -0.2) is 23.4 Å². The van der Waals surface area contributed by atoms with Gasteiger partial charge in [0.2, 0.25) is 0 Å². The van der Waals surface area contributed by atoms with Crippen molar-refractivity contribution in [1.82, 2.24) is 0 Å². The minimum Gasteiger partial charge on any atom is -0.497 e. The van der Waals surface area contributed by atoms with Crippen molar-refractivity contribution in [2.24, 2.45) is 0 Å². The van der Waals surface area contributed by atoms with Crippen molar-refractivity contribution < 1.29 is 14.9 Å². The van der Waals surface area contributed by atoms with E-state index in [-0.39, 0.29) is 0 Å². The second-order valence-corrected chi connectivity index (χ2v) is 3.48. The number of aliphatic hydroxyl groups is 2. The monoisotopic (exact) mass is 216 g/mol. The summed E-state index contributed by atoms with van der Waals surface area (Å²) in [6.07, 6.45) is -1.85. The fraction of sp³-hybridized carbons (Fsp3) is 0.400. The topological polar surface area (TPSA) is 49.7 Å². The summed E-state index contributed by atoms with van der Waals surface area (Å²) in [5.41, 5.74) is 0.473. The number of rotatable bonds is 3. The Labute approximate surface area is 87.9 Å². The molecule has 0 aliphatic heterocycles. The summed E-state index contributed by atoms with van der Waals surface area (Å²) in [7, 11) is 1.53. The molecule has 1 aromatic carbocycles. The van der Waals surface area contributed by atoms with Crippen LogP contribution in [0.3, 0.4) is 0 Å². The molecule has 1 aromatic rings. The summed E-state index contributed by atoms with van der Waals surface area (Å²) >= 11 is 5.87. The standard InChI is InChI=1S/C10H13ClO3/c1-6(12)10(13)8-5-7(14-2)3-4-9(8)11/h3-6,10,12-13H,1-2H3/t6-,10+/m1/s1. The summed E-state index contributed by atoms with van der Waals surface area (Å²) in [6.45, 7) is 1.50. The number of aliphatic hydroxyl groups excluding tert-OH is 2. The number of ether oxygens (including phenoxy) is 1. The Kier molecular flexibility index (Phi) is 3.75. The Bertz CT molecular complexity index is 312. The predicted octanol–water partition coefficient (Wildman–Crippen LogP) is 1.76. The zero-order valence-electron chi connectivity index (χ0n) is 8.07. The Morgan fingerprint density at radius 1 is 1.36 bits per heavy atom. The molecule has 0 amide bonds. The first-order chi connectivity index (χ1) is 6.56. The van der Waals surface area contributed by atoms with E-state index in [0.29, 0.717) is 16.3 Å². The molecule has 0 saturated carbocycles. The van der Waals surface area contributed by atoms with Gasteiger partial charge in [-0.2, -0.15) is 0 Å². The van der Waals surface area contributed by atoms with E-state index in [1.165, 1.54) is 14.0 Å². The second kappa shape index (κ2) is 4.64. The van der Waals surface area contributed by atoms with Crippen LogP contribution >= 0.6 is 11.6 Å². The molecule has 0 aromatic heterocycles. The average Bonchev–Trinajstić information content (AvgIpc) is 2.17. The zero-order valence-corrected chi connectivity index (χ0v) is 8.82. The van der Waals surface area contributed by atoms with E-state index in [1.54, 1.807) is 18.2 Å². The lowest BCUT2D eigenvalue weighted by Gasteiger charge is -2.16. The molecule has 0 saturated heterocycles. The number of hydrogen-bond acceptors (Lipinski definition) is 3. The molecule has 0 heterocycles. The minimum atomic E-state index is -0.988. The first-order valence-electron chi connectivity index (χ1n) is 4.26. The van der Waals surface area contributed by atoms with Crippen molar-refractivity contribution in [2.75, 3.05) is 7.11 Å². The highest BCUT2D eigenvalue weighted by atomic mass is 35.5. The minimum absolute atomic E-state index is 0.416. The van der Waals surface area contributed by atoms with Gasteiger partial charge in [0.15, 0.2) is 0 Å². The molecule has 0 bridgehead atoms. The molecule has 0 fully saturated rings. The third-order valence-corrected chi connectivity index (χ3v) is 2.32. The molecule has 78 valence electrons. The van der Waals surface area contributed by atoms with E-state index in [0.717, 1.165) is 0 Å². The highest BCUT2D eigenvalue weighted by molar-refractivity contribution is 6.31. The maximum atomic E-state index is 9.61. The Hall–Kier alpha value is -0.770. The molecule has 3 nitrogen and oxygen atoms in total. The summed E-state index contributed by atoms with van der Waals surface area (Å²) in [6, 6.07) is 4.93. The lowest BCUT2D eigenvalue weighted by Crippen LogP contribution is -2.14. The second-order valence-electron chi connectivity index (χ2n) is 3.07. The van der Waals surface area contributed by atoms with E-state index in [9.17, 15) is 10.2 Å². The quantitative estimate of drug-likeness (QED) is 0.810. The lowest BCUT2D eigenvalue weighted by atomic mass is 10.1. The van der Waals surface area contributed by atoms with Gasteiger partial charge in [0.1, 0.15) is 11.9 Å². The van der Waals surface area contributed by atoms with Gasteiger partial charge in [0.25, 0.3) is 0 Å². The van der Waals surface area contributed by atoms with Gasteiger partial charge in [0, 0.05) is 10.6 Å². The number of hydrogen-bond donors (Lipinski definition) is 2. The molecule has 0 aliphatic rings. The summed E-state index contributed by atoms with van der Waals surface area (Å²) in [4.78, 5) is 0. The third kappa shape index (κ3) is 2.38. The van der Waals surface area contributed by atoms with Crippen LogP contribution in [0.2, 0.25) is 5.02 Å². The molecule has 0 aliphatic carbocycles. The highest BCUT2D eigenvalue weighted by Crippen LogP contribution is 2.28. The van der Waals surface area contributed by atoms with Gasteiger partial charge in [0.05, 0.1) is 13.2 Å². The zero-order chi connectivity index (χ0) is 10.7. The molecule has 0 spiro atoms. The van der Waals surface area contributed by atoms with E-state index < -0.39 is 12.2 Å². The van der Waals surface area contributed by atoms with Crippen LogP contribution in [0.15, 0.2) is 18.2 Å². The molecule has 0 radical (unpaired) electrons. The first-order valence-corrected chi connectivity index (χ1v) is 4.63. The Morgan fingerprint density at radius 2 is 2.00 bits per heavy atom. The van der Waals surface area contributed by atoms with Crippen LogP contribution in [0.1, 0.15) is 18.6 Å². The molecular weight excluding hydrogens is 204 g/mol.